The van der Waals surface area contributed by atoms with Gasteiger partial charge < -0.3 is 19.3 Å². The van der Waals surface area contributed by atoms with Crippen LogP contribution >= 0.6 is 34.7 Å². The Morgan fingerprint density at radius 1 is 0.833 bits per heavy atom. The summed E-state index contributed by atoms with van der Waals surface area (Å²) in [5.74, 6) is 0.0117. The van der Waals surface area contributed by atoms with Crippen LogP contribution in [-0.4, -0.2) is 34.1 Å². The number of hydrogen-bond acceptors (Lipinski definition) is 10. The number of carbonyl (C=O) groups excluding carboxylic acids is 2. The van der Waals surface area contributed by atoms with Crippen LogP contribution in [0.4, 0.5) is 5.13 Å². The number of carbonyl (C=O) groups is 2. The predicted molar refractivity (Wildman–Crippen MR) is 211 cm³/mol. The van der Waals surface area contributed by atoms with Crippen LogP contribution in [0, 0.1) is 6.92 Å². The molecule has 1 unspecified atom stereocenters. The van der Waals surface area contributed by atoms with Gasteiger partial charge in [-0.2, -0.15) is 0 Å². The second-order valence-electron chi connectivity index (χ2n) is 12.4. The molecule has 1 aliphatic heterocycles. The number of rotatable bonds is 13. The molecule has 9 nitrogen and oxygen atoms in total. The predicted octanol–water partition coefficient (Wildman–Crippen LogP) is 9.59. The van der Waals surface area contributed by atoms with E-state index in [0.29, 0.717) is 56.7 Å². The topological polar surface area (TPSA) is 111 Å². The summed E-state index contributed by atoms with van der Waals surface area (Å²) in [6, 6.07) is 36.1. The fourth-order valence-corrected chi connectivity index (χ4v) is 7.88. The molecular formula is C42H34ClN3O6S2. The number of ether oxygens (including phenoxy) is 3. The van der Waals surface area contributed by atoms with Crippen molar-refractivity contribution in [2.45, 2.75) is 36.3 Å². The summed E-state index contributed by atoms with van der Waals surface area (Å²) in [4.78, 5) is 29.1. The van der Waals surface area contributed by atoms with E-state index in [2.05, 4.69) is 10.2 Å². The Bertz CT molecular complexity index is 2310. The molecule has 12 heteroatoms. The van der Waals surface area contributed by atoms with Crippen LogP contribution in [-0.2, 0) is 28.6 Å². The third-order valence-corrected chi connectivity index (χ3v) is 11.2. The standard InChI is InChI=1S/C42H34ClN3O6S2/c1-26-8-6-7-11-31(26)24-51-33-19-14-29(15-20-33)38(47)36-37(30-16-21-34(35(22-30)50-2)52-23-27-9-4-3-5-10-27)46(40(49)39(36)48)41-44-45-42(54-41)53-25-28-12-17-32(43)18-13-28/h3-22,37,47H,23-25H2,1-2H3/b38-36+. The van der Waals surface area contributed by atoms with E-state index in [4.69, 9.17) is 25.8 Å². The third kappa shape index (κ3) is 8.13. The van der Waals surface area contributed by atoms with Gasteiger partial charge in [0.1, 0.15) is 24.7 Å². The van der Waals surface area contributed by atoms with Crippen molar-refractivity contribution < 1.29 is 28.9 Å². The van der Waals surface area contributed by atoms with Crippen molar-refractivity contribution in [2.24, 2.45) is 0 Å². The highest BCUT2D eigenvalue weighted by Crippen LogP contribution is 2.46. The zero-order chi connectivity index (χ0) is 37.6. The monoisotopic (exact) mass is 775 g/mol. The molecule has 54 heavy (non-hydrogen) atoms. The van der Waals surface area contributed by atoms with Crippen LogP contribution in [0.5, 0.6) is 17.2 Å². The van der Waals surface area contributed by atoms with E-state index < -0.39 is 17.7 Å². The molecule has 0 radical (unpaired) electrons. The summed E-state index contributed by atoms with van der Waals surface area (Å²) in [6.45, 7) is 2.70. The highest BCUT2D eigenvalue weighted by atomic mass is 35.5. The lowest BCUT2D eigenvalue weighted by molar-refractivity contribution is -0.132. The smallest absolute Gasteiger partial charge is 0.301 e. The molecule has 1 amide bonds. The van der Waals surface area contributed by atoms with Gasteiger partial charge in [0.2, 0.25) is 5.13 Å². The van der Waals surface area contributed by atoms with Gasteiger partial charge in [-0.15, -0.1) is 10.2 Å². The molecule has 6 aromatic rings. The molecule has 1 N–H and O–H groups in total. The SMILES string of the molecule is COc1cc(C2/C(=C(\O)c3ccc(OCc4ccccc4C)cc3)C(=O)C(=O)N2c2nnc(SCc3ccc(Cl)cc3)s2)ccc1OCc1ccccc1. The van der Waals surface area contributed by atoms with Gasteiger partial charge in [0.25, 0.3) is 5.78 Å². The van der Waals surface area contributed by atoms with Gasteiger partial charge in [0, 0.05) is 16.3 Å². The number of halogens is 1. The summed E-state index contributed by atoms with van der Waals surface area (Å²) in [6.07, 6.45) is 0. The van der Waals surface area contributed by atoms with Crippen molar-refractivity contribution in [3.8, 4) is 17.2 Å². The minimum Gasteiger partial charge on any atom is -0.507 e. The number of anilines is 1. The maximum atomic E-state index is 13.9. The first-order valence-electron chi connectivity index (χ1n) is 16.9. The molecule has 0 aliphatic carbocycles. The molecule has 1 saturated heterocycles. The lowest BCUT2D eigenvalue weighted by Crippen LogP contribution is -2.29. The second-order valence-corrected chi connectivity index (χ2v) is 15.0. The molecule has 0 saturated carbocycles. The molecule has 1 fully saturated rings. The molecule has 0 bridgehead atoms. The number of ketones is 1. The summed E-state index contributed by atoms with van der Waals surface area (Å²) in [7, 11) is 1.52. The van der Waals surface area contributed by atoms with Crippen molar-refractivity contribution in [1.82, 2.24) is 10.2 Å². The van der Waals surface area contributed by atoms with Gasteiger partial charge in [-0.1, -0.05) is 107 Å². The van der Waals surface area contributed by atoms with Gasteiger partial charge in [-0.3, -0.25) is 14.5 Å². The number of aliphatic hydroxyl groups excluding tert-OH is 1. The number of methoxy groups -OCH3 is 1. The van der Waals surface area contributed by atoms with Crippen molar-refractivity contribution in [3.05, 3.63) is 165 Å². The first-order valence-corrected chi connectivity index (χ1v) is 19.1. The number of aromatic nitrogens is 2. The minimum absolute atomic E-state index is 0.0980. The maximum absolute atomic E-state index is 13.9. The first kappa shape index (κ1) is 36.7. The van der Waals surface area contributed by atoms with Crippen LogP contribution in [0.2, 0.25) is 5.02 Å². The van der Waals surface area contributed by atoms with Crippen molar-refractivity contribution in [2.75, 3.05) is 12.0 Å². The number of thioether (sulfide) groups is 1. The van der Waals surface area contributed by atoms with Gasteiger partial charge in [0.15, 0.2) is 15.8 Å². The van der Waals surface area contributed by atoms with Crippen LogP contribution < -0.4 is 19.1 Å². The van der Waals surface area contributed by atoms with Gasteiger partial charge in [0.05, 0.1) is 18.7 Å². The Morgan fingerprint density at radius 2 is 1.57 bits per heavy atom. The van der Waals surface area contributed by atoms with Crippen molar-refractivity contribution in [1.29, 1.82) is 0 Å². The number of nitrogens with zero attached hydrogens (tertiary/aromatic N) is 3. The lowest BCUT2D eigenvalue weighted by Gasteiger charge is -2.23. The quantitative estimate of drug-likeness (QED) is 0.0403. The molecule has 0 spiro atoms. The van der Waals surface area contributed by atoms with Crippen LogP contribution in [0.25, 0.3) is 5.76 Å². The molecule has 1 aromatic heterocycles. The zero-order valence-electron chi connectivity index (χ0n) is 29.3. The van der Waals surface area contributed by atoms with E-state index in [1.807, 2.05) is 85.8 Å². The van der Waals surface area contributed by atoms with E-state index in [0.717, 1.165) is 22.3 Å². The number of benzene rings is 5. The molecule has 2 heterocycles. The van der Waals surface area contributed by atoms with E-state index in [1.54, 1.807) is 42.5 Å². The van der Waals surface area contributed by atoms with E-state index >= 15 is 0 Å². The highest BCUT2D eigenvalue weighted by molar-refractivity contribution is 8.00. The van der Waals surface area contributed by atoms with Gasteiger partial charge in [-0.25, -0.2) is 0 Å². The third-order valence-electron chi connectivity index (χ3n) is 8.85. The molecule has 1 aliphatic rings. The fourth-order valence-electron chi connectivity index (χ4n) is 5.94. The zero-order valence-corrected chi connectivity index (χ0v) is 31.7. The molecule has 272 valence electrons. The Kier molecular flexibility index (Phi) is 11.3. The lowest BCUT2D eigenvalue weighted by atomic mass is 9.95. The minimum atomic E-state index is -1.05. The maximum Gasteiger partial charge on any atom is 0.301 e. The Labute approximate surface area is 325 Å². The number of aryl methyl sites for hydroxylation is 1. The number of amides is 1. The summed E-state index contributed by atoms with van der Waals surface area (Å²) in [5.41, 5.74) is 4.93. The molecule has 5 aromatic carbocycles. The summed E-state index contributed by atoms with van der Waals surface area (Å²) >= 11 is 8.68. The number of hydrogen-bond donors (Lipinski definition) is 1. The average Bonchev–Trinajstić information content (AvgIpc) is 3.78. The second kappa shape index (κ2) is 16.6. The first-order chi connectivity index (χ1) is 26.3. The summed E-state index contributed by atoms with van der Waals surface area (Å²) in [5, 5.41) is 21.3. The van der Waals surface area contributed by atoms with Crippen LogP contribution in [0.3, 0.4) is 0 Å². The average molecular weight is 776 g/mol. The summed E-state index contributed by atoms with van der Waals surface area (Å²) < 4.78 is 18.4. The Morgan fingerprint density at radius 3 is 2.31 bits per heavy atom. The van der Waals surface area contributed by atoms with Crippen molar-refractivity contribution >= 4 is 57.3 Å². The normalized spacial score (nSPS) is 15.0. The largest absolute Gasteiger partial charge is 0.507 e. The van der Waals surface area contributed by atoms with E-state index in [-0.39, 0.29) is 16.5 Å². The highest BCUT2D eigenvalue weighted by Gasteiger charge is 2.48. The molecular weight excluding hydrogens is 742 g/mol. The van der Waals surface area contributed by atoms with E-state index in [9.17, 15) is 14.7 Å². The fraction of sp³-hybridized carbons (Fsp3) is 0.143. The Balaban J connectivity index is 1.22. The number of aliphatic hydroxyl groups is 1. The molecule has 7 rings (SSSR count). The molecule has 1 atom stereocenters. The van der Waals surface area contributed by atoms with Gasteiger partial charge >= 0.3 is 5.91 Å². The van der Waals surface area contributed by atoms with E-state index in [1.165, 1.54) is 35.1 Å². The van der Waals surface area contributed by atoms with Crippen LogP contribution in [0.1, 0.15) is 39.4 Å². The van der Waals surface area contributed by atoms with Crippen LogP contribution in [0.15, 0.2) is 131 Å². The Hall–Kier alpha value is -5.62. The number of Topliss-reactive ketones (excluding diaryl/α,β-unsaturated/α-hetero) is 1. The van der Waals surface area contributed by atoms with Gasteiger partial charge in [-0.05, 0) is 83.3 Å². The van der Waals surface area contributed by atoms with Crippen molar-refractivity contribution in [3.63, 3.8) is 0 Å².